The topological polar surface area (TPSA) is 41.6 Å². The first-order chi connectivity index (χ1) is 5.61. The molecule has 0 rings (SSSR count). The Morgan fingerprint density at radius 3 is 2.33 bits per heavy atom. The van der Waals surface area contributed by atoms with Crippen molar-refractivity contribution in [1.29, 1.82) is 0 Å². The van der Waals surface area contributed by atoms with E-state index in [4.69, 9.17) is 5.73 Å². The number of aliphatic imine (C=N–C) groups is 1. The molecule has 3 heteroatoms. The summed E-state index contributed by atoms with van der Waals surface area (Å²) in [6.45, 7) is 11.2. The summed E-state index contributed by atoms with van der Waals surface area (Å²) in [4.78, 5) is 6.27. The van der Waals surface area contributed by atoms with Crippen LogP contribution < -0.4 is 5.73 Å². The zero-order chi connectivity index (χ0) is 9.56. The van der Waals surface area contributed by atoms with Crippen molar-refractivity contribution in [2.45, 2.75) is 27.7 Å². The fourth-order valence-electron chi connectivity index (χ4n) is 1.09. The van der Waals surface area contributed by atoms with Crippen LogP contribution in [0.3, 0.4) is 0 Å². The van der Waals surface area contributed by atoms with Gasteiger partial charge in [-0.1, -0.05) is 13.8 Å². The minimum atomic E-state index is 0.635. The van der Waals surface area contributed by atoms with E-state index < -0.39 is 0 Å². The average Bonchev–Trinajstić information content (AvgIpc) is 2.00. The second-order valence-corrected chi connectivity index (χ2v) is 3.27. The molecule has 0 aliphatic rings. The molecule has 12 heavy (non-hydrogen) atoms. The SMILES string of the molecule is CCN=C(N)N(CC)CC(C)C. The highest BCUT2D eigenvalue weighted by Gasteiger charge is 2.06. The number of hydrogen-bond donors (Lipinski definition) is 1. The molecule has 0 unspecified atom stereocenters. The summed E-state index contributed by atoms with van der Waals surface area (Å²) in [7, 11) is 0. The zero-order valence-electron chi connectivity index (χ0n) is 8.67. The van der Waals surface area contributed by atoms with Gasteiger partial charge < -0.3 is 10.6 Å². The van der Waals surface area contributed by atoms with Crippen LogP contribution in [0.25, 0.3) is 0 Å². The summed E-state index contributed by atoms with van der Waals surface area (Å²) in [6, 6.07) is 0. The lowest BCUT2D eigenvalue weighted by Crippen LogP contribution is -2.39. The highest BCUT2D eigenvalue weighted by atomic mass is 15.2. The van der Waals surface area contributed by atoms with Gasteiger partial charge in [-0.25, -0.2) is 0 Å². The molecular formula is C9H21N3. The molecule has 0 aromatic carbocycles. The number of nitrogens with zero attached hydrogens (tertiary/aromatic N) is 2. The van der Waals surface area contributed by atoms with Crippen molar-refractivity contribution in [3.63, 3.8) is 0 Å². The molecule has 0 aliphatic carbocycles. The summed E-state index contributed by atoms with van der Waals surface area (Å²) in [6.07, 6.45) is 0. The molecule has 0 saturated carbocycles. The summed E-state index contributed by atoms with van der Waals surface area (Å²) >= 11 is 0. The van der Waals surface area contributed by atoms with Crippen molar-refractivity contribution in [2.75, 3.05) is 19.6 Å². The molecule has 0 amide bonds. The molecule has 0 radical (unpaired) electrons. The predicted octanol–water partition coefficient (Wildman–Crippen LogP) is 1.30. The average molecular weight is 171 g/mol. The summed E-state index contributed by atoms with van der Waals surface area (Å²) < 4.78 is 0. The van der Waals surface area contributed by atoms with Gasteiger partial charge in [-0.2, -0.15) is 0 Å². The molecule has 0 saturated heterocycles. The normalized spacial score (nSPS) is 12.2. The summed E-state index contributed by atoms with van der Waals surface area (Å²) in [5.74, 6) is 1.31. The van der Waals surface area contributed by atoms with Crippen molar-refractivity contribution in [3.05, 3.63) is 0 Å². The van der Waals surface area contributed by atoms with E-state index in [1.807, 2.05) is 6.92 Å². The molecule has 0 aromatic heterocycles. The molecule has 0 bridgehead atoms. The third-order valence-corrected chi connectivity index (χ3v) is 1.61. The molecule has 72 valence electrons. The zero-order valence-corrected chi connectivity index (χ0v) is 8.67. The maximum atomic E-state index is 5.76. The van der Waals surface area contributed by atoms with Crippen LogP contribution in [-0.2, 0) is 0 Å². The molecule has 3 nitrogen and oxygen atoms in total. The minimum Gasteiger partial charge on any atom is -0.370 e. The maximum absolute atomic E-state index is 5.76. The Labute approximate surface area is 75.7 Å². The van der Waals surface area contributed by atoms with Gasteiger partial charge >= 0.3 is 0 Å². The molecular weight excluding hydrogens is 150 g/mol. The molecule has 0 fully saturated rings. The number of hydrogen-bond acceptors (Lipinski definition) is 1. The molecule has 0 aromatic rings. The first-order valence-electron chi connectivity index (χ1n) is 4.66. The Morgan fingerprint density at radius 1 is 1.42 bits per heavy atom. The third-order valence-electron chi connectivity index (χ3n) is 1.61. The van der Waals surface area contributed by atoms with Gasteiger partial charge in [0.1, 0.15) is 0 Å². The Balaban J connectivity index is 4.05. The van der Waals surface area contributed by atoms with Gasteiger partial charge in [-0.05, 0) is 19.8 Å². The van der Waals surface area contributed by atoms with E-state index in [2.05, 4.69) is 30.7 Å². The first-order valence-corrected chi connectivity index (χ1v) is 4.66. The fourth-order valence-corrected chi connectivity index (χ4v) is 1.09. The van der Waals surface area contributed by atoms with Crippen LogP contribution in [0.4, 0.5) is 0 Å². The van der Waals surface area contributed by atoms with E-state index in [9.17, 15) is 0 Å². The quantitative estimate of drug-likeness (QED) is 0.511. The second kappa shape index (κ2) is 5.86. The van der Waals surface area contributed by atoms with Crippen molar-refractivity contribution in [2.24, 2.45) is 16.6 Å². The van der Waals surface area contributed by atoms with Crippen molar-refractivity contribution < 1.29 is 0 Å². The van der Waals surface area contributed by atoms with E-state index >= 15 is 0 Å². The van der Waals surface area contributed by atoms with Crippen LogP contribution in [-0.4, -0.2) is 30.5 Å². The lowest BCUT2D eigenvalue weighted by molar-refractivity contribution is 0.376. The van der Waals surface area contributed by atoms with Gasteiger partial charge in [-0.15, -0.1) is 0 Å². The van der Waals surface area contributed by atoms with Crippen LogP contribution >= 0.6 is 0 Å². The van der Waals surface area contributed by atoms with Crippen LogP contribution in [0.2, 0.25) is 0 Å². The van der Waals surface area contributed by atoms with Gasteiger partial charge in [0.05, 0.1) is 0 Å². The molecule has 0 aliphatic heterocycles. The largest absolute Gasteiger partial charge is 0.370 e. The van der Waals surface area contributed by atoms with E-state index in [1.54, 1.807) is 0 Å². The van der Waals surface area contributed by atoms with Crippen LogP contribution in [0.15, 0.2) is 4.99 Å². The van der Waals surface area contributed by atoms with Gasteiger partial charge in [0.25, 0.3) is 0 Å². The van der Waals surface area contributed by atoms with Crippen LogP contribution in [0, 0.1) is 5.92 Å². The lowest BCUT2D eigenvalue weighted by Gasteiger charge is -2.23. The molecule has 0 atom stereocenters. The van der Waals surface area contributed by atoms with E-state index in [1.165, 1.54) is 0 Å². The monoisotopic (exact) mass is 171 g/mol. The molecule has 0 heterocycles. The van der Waals surface area contributed by atoms with E-state index in [-0.39, 0.29) is 0 Å². The Hall–Kier alpha value is -0.730. The second-order valence-electron chi connectivity index (χ2n) is 3.27. The van der Waals surface area contributed by atoms with Gasteiger partial charge in [0.15, 0.2) is 5.96 Å². The van der Waals surface area contributed by atoms with Crippen molar-refractivity contribution in [3.8, 4) is 0 Å². The van der Waals surface area contributed by atoms with Gasteiger partial charge in [0.2, 0.25) is 0 Å². The third kappa shape index (κ3) is 4.21. The highest BCUT2D eigenvalue weighted by Crippen LogP contribution is 1.97. The number of guanidine groups is 1. The summed E-state index contributed by atoms with van der Waals surface area (Å²) in [5.41, 5.74) is 5.76. The van der Waals surface area contributed by atoms with Gasteiger partial charge in [-0.3, -0.25) is 4.99 Å². The fraction of sp³-hybridized carbons (Fsp3) is 0.889. The van der Waals surface area contributed by atoms with E-state index in [0.29, 0.717) is 11.9 Å². The number of rotatable bonds is 4. The lowest BCUT2D eigenvalue weighted by atomic mass is 10.2. The van der Waals surface area contributed by atoms with Crippen LogP contribution in [0.1, 0.15) is 27.7 Å². The van der Waals surface area contributed by atoms with Crippen LogP contribution in [0.5, 0.6) is 0 Å². The maximum Gasteiger partial charge on any atom is 0.191 e. The number of nitrogens with two attached hydrogens (primary N) is 1. The molecule has 0 spiro atoms. The highest BCUT2D eigenvalue weighted by molar-refractivity contribution is 5.77. The molecule has 2 N–H and O–H groups in total. The van der Waals surface area contributed by atoms with Crippen molar-refractivity contribution >= 4 is 5.96 Å². The standard InChI is InChI=1S/C9H21N3/c1-5-11-9(10)12(6-2)7-8(3)4/h8H,5-7H2,1-4H3,(H2,10,11). The minimum absolute atomic E-state index is 0.635. The smallest absolute Gasteiger partial charge is 0.191 e. The van der Waals surface area contributed by atoms with E-state index in [0.717, 1.165) is 19.6 Å². The predicted molar refractivity (Wildman–Crippen MR) is 54.2 cm³/mol. The first kappa shape index (κ1) is 11.3. The Kier molecular flexibility index (Phi) is 5.51. The van der Waals surface area contributed by atoms with Crippen molar-refractivity contribution in [1.82, 2.24) is 4.90 Å². The summed E-state index contributed by atoms with van der Waals surface area (Å²) in [5, 5.41) is 0. The van der Waals surface area contributed by atoms with Gasteiger partial charge in [0, 0.05) is 19.6 Å². The Bertz CT molecular complexity index is 141. The Morgan fingerprint density at radius 2 is 2.00 bits per heavy atom.